The van der Waals surface area contributed by atoms with Crippen molar-refractivity contribution in [2.75, 3.05) is 0 Å². The molecule has 0 bridgehead atoms. The van der Waals surface area contributed by atoms with Gasteiger partial charge in [0.1, 0.15) is 0 Å². The van der Waals surface area contributed by atoms with Crippen molar-refractivity contribution in [3.63, 3.8) is 0 Å². The zero-order chi connectivity index (χ0) is 18.5. The van der Waals surface area contributed by atoms with Crippen LogP contribution in [0.5, 0.6) is 0 Å². The van der Waals surface area contributed by atoms with Gasteiger partial charge < -0.3 is 0 Å². The molecule has 2 heterocycles. The standard InChI is InChI=1S/C26H16S2/c1-5-17-19-11-14-22-18(6-2-8-24(22)26-10-4-16-28-26)20(19)12-13-21(17)23(7-1)25-9-3-15-27-25/h1-16H. The summed E-state index contributed by atoms with van der Waals surface area (Å²) < 4.78 is 0. The Hall–Kier alpha value is -2.94. The lowest BCUT2D eigenvalue weighted by atomic mass is 9.93. The summed E-state index contributed by atoms with van der Waals surface area (Å²) in [6, 6.07) is 31.2. The van der Waals surface area contributed by atoms with Gasteiger partial charge in [-0.05, 0) is 66.3 Å². The minimum Gasteiger partial charge on any atom is -0.144 e. The second kappa shape index (κ2) is 6.30. The van der Waals surface area contributed by atoms with E-state index in [4.69, 9.17) is 0 Å². The summed E-state index contributed by atoms with van der Waals surface area (Å²) in [5.41, 5.74) is 2.64. The van der Waals surface area contributed by atoms with Gasteiger partial charge in [-0.2, -0.15) is 0 Å². The molecule has 0 saturated heterocycles. The first-order chi connectivity index (χ1) is 13.9. The Morgan fingerprint density at radius 2 is 0.786 bits per heavy atom. The molecule has 0 fully saturated rings. The van der Waals surface area contributed by atoms with Crippen LogP contribution in [0, 0.1) is 0 Å². The van der Waals surface area contributed by atoms with Gasteiger partial charge >= 0.3 is 0 Å². The monoisotopic (exact) mass is 392 g/mol. The van der Waals surface area contributed by atoms with Crippen molar-refractivity contribution in [1.29, 1.82) is 0 Å². The van der Waals surface area contributed by atoms with Crippen LogP contribution in [-0.4, -0.2) is 0 Å². The van der Waals surface area contributed by atoms with E-state index < -0.39 is 0 Å². The summed E-state index contributed by atoms with van der Waals surface area (Å²) in [4.78, 5) is 2.65. The Balaban J connectivity index is 1.69. The molecule has 0 aliphatic rings. The Morgan fingerprint density at radius 1 is 0.357 bits per heavy atom. The van der Waals surface area contributed by atoms with E-state index in [0.717, 1.165) is 0 Å². The van der Waals surface area contributed by atoms with E-state index in [0.29, 0.717) is 0 Å². The largest absolute Gasteiger partial charge is 0.144 e. The average molecular weight is 393 g/mol. The molecule has 0 aliphatic heterocycles. The van der Waals surface area contributed by atoms with Crippen LogP contribution < -0.4 is 0 Å². The molecule has 0 nitrogen and oxygen atoms in total. The molecule has 6 aromatic rings. The first kappa shape index (κ1) is 16.1. The van der Waals surface area contributed by atoms with E-state index in [1.54, 1.807) is 22.7 Å². The smallest absolute Gasteiger partial charge is 0.0348 e. The van der Waals surface area contributed by atoms with Gasteiger partial charge in [-0.3, -0.25) is 0 Å². The highest BCUT2D eigenvalue weighted by molar-refractivity contribution is 7.14. The zero-order valence-electron chi connectivity index (χ0n) is 15.1. The molecule has 2 aromatic heterocycles. The fourth-order valence-electron chi connectivity index (χ4n) is 4.24. The molecule has 132 valence electrons. The summed E-state index contributed by atoms with van der Waals surface area (Å²) in [5, 5.41) is 12.2. The van der Waals surface area contributed by atoms with E-state index in [-0.39, 0.29) is 0 Å². The van der Waals surface area contributed by atoms with Crippen LogP contribution in [0.2, 0.25) is 0 Å². The van der Waals surface area contributed by atoms with Crippen LogP contribution in [-0.2, 0) is 0 Å². The number of benzene rings is 4. The highest BCUT2D eigenvalue weighted by Crippen LogP contribution is 2.39. The molecule has 0 radical (unpaired) electrons. The fourth-order valence-corrected chi connectivity index (χ4v) is 5.77. The Labute approximate surface area is 171 Å². The number of thiophene rings is 2. The van der Waals surface area contributed by atoms with Crippen LogP contribution in [0.3, 0.4) is 0 Å². The molecular formula is C26H16S2. The number of rotatable bonds is 2. The van der Waals surface area contributed by atoms with E-state index in [1.165, 1.54) is 53.2 Å². The van der Waals surface area contributed by atoms with Crippen LogP contribution in [0.25, 0.3) is 53.2 Å². The van der Waals surface area contributed by atoms with Gasteiger partial charge in [0.15, 0.2) is 0 Å². The molecule has 2 heteroatoms. The first-order valence-corrected chi connectivity index (χ1v) is 11.1. The third-order valence-corrected chi connectivity index (χ3v) is 7.30. The normalized spacial score (nSPS) is 11.6. The van der Waals surface area contributed by atoms with Gasteiger partial charge in [0.05, 0.1) is 0 Å². The van der Waals surface area contributed by atoms with Gasteiger partial charge in [0, 0.05) is 9.75 Å². The van der Waals surface area contributed by atoms with Gasteiger partial charge in [-0.1, -0.05) is 72.8 Å². The molecule has 4 aromatic carbocycles. The molecule has 0 aliphatic carbocycles. The molecule has 0 N–H and O–H groups in total. The predicted octanol–water partition coefficient (Wildman–Crippen LogP) is 8.60. The number of hydrogen-bond acceptors (Lipinski definition) is 2. The molecule has 0 atom stereocenters. The Morgan fingerprint density at radius 3 is 1.21 bits per heavy atom. The topological polar surface area (TPSA) is 0 Å². The quantitative estimate of drug-likeness (QED) is 0.259. The molecule has 28 heavy (non-hydrogen) atoms. The van der Waals surface area contributed by atoms with Crippen LogP contribution in [0.1, 0.15) is 0 Å². The molecule has 0 unspecified atom stereocenters. The lowest BCUT2D eigenvalue weighted by molar-refractivity contribution is 1.75. The second-order valence-electron chi connectivity index (χ2n) is 6.98. The first-order valence-electron chi connectivity index (χ1n) is 9.35. The van der Waals surface area contributed by atoms with Crippen molar-refractivity contribution in [3.05, 3.63) is 95.7 Å². The van der Waals surface area contributed by atoms with Gasteiger partial charge in [0.25, 0.3) is 0 Å². The van der Waals surface area contributed by atoms with Gasteiger partial charge in [-0.15, -0.1) is 22.7 Å². The molecule has 0 amide bonds. The van der Waals surface area contributed by atoms with E-state index >= 15 is 0 Å². The van der Waals surface area contributed by atoms with Crippen LogP contribution in [0.4, 0.5) is 0 Å². The molecule has 0 saturated carbocycles. The Kier molecular flexibility index (Phi) is 3.61. The summed E-state index contributed by atoms with van der Waals surface area (Å²) >= 11 is 3.60. The van der Waals surface area contributed by atoms with E-state index in [2.05, 4.69) is 95.7 Å². The number of fused-ring (bicyclic) bond motifs is 5. The lowest BCUT2D eigenvalue weighted by Gasteiger charge is -2.12. The summed E-state index contributed by atoms with van der Waals surface area (Å²) in [6.45, 7) is 0. The van der Waals surface area contributed by atoms with Gasteiger partial charge in [0.2, 0.25) is 0 Å². The minimum atomic E-state index is 1.32. The maximum Gasteiger partial charge on any atom is 0.0348 e. The van der Waals surface area contributed by atoms with Crippen molar-refractivity contribution in [3.8, 4) is 20.9 Å². The predicted molar refractivity (Wildman–Crippen MR) is 126 cm³/mol. The van der Waals surface area contributed by atoms with Gasteiger partial charge in [-0.25, -0.2) is 0 Å². The van der Waals surface area contributed by atoms with Crippen LogP contribution in [0.15, 0.2) is 95.7 Å². The molecule has 6 rings (SSSR count). The zero-order valence-corrected chi connectivity index (χ0v) is 16.7. The minimum absolute atomic E-state index is 1.32. The van der Waals surface area contributed by atoms with E-state index in [9.17, 15) is 0 Å². The lowest BCUT2D eigenvalue weighted by Crippen LogP contribution is -1.84. The summed E-state index contributed by atoms with van der Waals surface area (Å²) in [5.74, 6) is 0. The summed E-state index contributed by atoms with van der Waals surface area (Å²) in [7, 11) is 0. The average Bonchev–Trinajstić information content (AvgIpc) is 3.46. The Bertz CT molecular complexity index is 1330. The van der Waals surface area contributed by atoms with Crippen molar-refractivity contribution in [2.24, 2.45) is 0 Å². The van der Waals surface area contributed by atoms with Crippen LogP contribution >= 0.6 is 22.7 Å². The third-order valence-electron chi connectivity index (χ3n) is 5.49. The van der Waals surface area contributed by atoms with Crippen molar-refractivity contribution >= 4 is 55.0 Å². The van der Waals surface area contributed by atoms with Crippen molar-refractivity contribution < 1.29 is 0 Å². The second-order valence-corrected chi connectivity index (χ2v) is 8.88. The van der Waals surface area contributed by atoms with Crippen molar-refractivity contribution in [2.45, 2.75) is 0 Å². The third kappa shape index (κ3) is 2.35. The SMILES string of the molecule is c1csc(-c2cccc3c2ccc2c4cccc(-c5cccs5)c4ccc32)c1. The fraction of sp³-hybridized carbons (Fsp3) is 0. The summed E-state index contributed by atoms with van der Waals surface area (Å²) in [6.07, 6.45) is 0. The molecule has 0 spiro atoms. The maximum atomic E-state index is 2.30. The molecular weight excluding hydrogens is 376 g/mol. The maximum absolute atomic E-state index is 2.30. The highest BCUT2D eigenvalue weighted by atomic mass is 32.1. The van der Waals surface area contributed by atoms with Crippen molar-refractivity contribution in [1.82, 2.24) is 0 Å². The highest BCUT2D eigenvalue weighted by Gasteiger charge is 2.11. The number of hydrogen-bond donors (Lipinski definition) is 0. The van der Waals surface area contributed by atoms with E-state index in [1.807, 2.05) is 0 Å².